The fourth-order valence-electron chi connectivity index (χ4n) is 4.53. The average molecular weight is 560 g/mol. The monoisotopic (exact) mass is 559 g/mol. The smallest absolute Gasteiger partial charge is 0.367 e. The molecular formula is C31H40F3N3O3. The van der Waals surface area contributed by atoms with Crippen LogP contribution in [-0.4, -0.2) is 21.2 Å². The average Bonchev–Trinajstić information content (AvgIpc) is 3.40. The number of hydroxylamine groups is 2. The number of aromatic nitrogens is 2. The number of benzene rings is 2. The van der Waals surface area contributed by atoms with Crippen molar-refractivity contribution in [2.24, 2.45) is 0 Å². The summed E-state index contributed by atoms with van der Waals surface area (Å²) in [4.78, 5) is 21.7. The van der Waals surface area contributed by atoms with E-state index in [1.807, 2.05) is 24.3 Å². The van der Waals surface area contributed by atoms with Crippen LogP contribution in [0.4, 0.5) is 13.2 Å². The molecule has 40 heavy (non-hydrogen) atoms. The highest BCUT2D eigenvalue weighted by atomic mass is 19.4. The summed E-state index contributed by atoms with van der Waals surface area (Å²) < 4.78 is 44.3. The molecule has 6 nitrogen and oxygen atoms in total. The lowest BCUT2D eigenvalue weighted by Gasteiger charge is -2.27. The molecule has 0 saturated carbocycles. The summed E-state index contributed by atoms with van der Waals surface area (Å²) in [6.07, 6.45) is 7.70. The van der Waals surface area contributed by atoms with Gasteiger partial charge in [-0.2, -0.15) is 18.2 Å². The van der Waals surface area contributed by atoms with Gasteiger partial charge >= 0.3 is 12.1 Å². The molecule has 0 bridgehead atoms. The molecule has 0 aliphatic carbocycles. The Morgan fingerprint density at radius 3 is 2.10 bits per heavy atom. The lowest BCUT2D eigenvalue weighted by atomic mass is 10.0. The number of rotatable bonds is 16. The lowest BCUT2D eigenvalue weighted by Crippen LogP contribution is -2.29. The predicted molar refractivity (Wildman–Crippen MR) is 148 cm³/mol. The summed E-state index contributed by atoms with van der Waals surface area (Å²) in [5.41, 5.74) is 1.49. The van der Waals surface area contributed by atoms with Gasteiger partial charge < -0.3 is 9.36 Å². The molecule has 1 heterocycles. The number of hydrogen-bond acceptors (Lipinski definition) is 6. The molecule has 3 aromatic rings. The van der Waals surface area contributed by atoms with Gasteiger partial charge in [0, 0.05) is 18.9 Å². The second kappa shape index (κ2) is 15.6. The summed E-state index contributed by atoms with van der Waals surface area (Å²) >= 11 is 0. The van der Waals surface area contributed by atoms with Gasteiger partial charge in [0.1, 0.15) is 0 Å². The molecule has 0 amide bonds. The number of aryl methyl sites for hydroxylation is 1. The first-order valence-electron chi connectivity index (χ1n) is 14.2. The fraction of sp³-hybridized carbons (Fsp3) is 0.516. The first-order valence-corrected chi connectivity index (χ1v) is 14.2. The van der Waals surface area contributed by atoms with Gasteiger partial charge in [-0.3, -0.25) is 4.79 Å². The molecule has 1 aromatic heterocycles. The van der Waals surface area contributed by atoms with Crippen molar-refractivity contribution in [1.29, 1.82) is 0 Å². The van der Waals surface area contributed by atoms with Gasteiger partial charge in [0.2, 0.25) is 0 Å². The third kappa shape index (κ3) is 10.1. The van der Waals surface area contributed by atoms with E-state index in [0.717, 1.165) is 42.5 Å². The molecule has 0 aliphatic heterocycles. The minimum absolute atomic E-state index is 0.246. The number of hydrogen-bond donors (Lipinski definition) is 0. The Bertz CT molecular complexity index is 1160. The highest BCUT2D eigenvalue weighted by molar-refractivity contribution is 5.65. The zero-order chi connectivity index (χ0) is 29.0. The Labute approximate surface area is 234 Å². The molecule has 0 spiro atoms. The van der Waals surface area contributed by atoms with Crippen molar-refractivity contribution in [2.45, 2.75) is 104 Å². The maximum absolute atomic E-state index is 12.9. The number of unbranched alkanes of at least 4 members (excludes halogenated alkanes) is 8. The SMILES string of the molecule is CCCCCCCCCCCc1noc(-c2ccc(CN(OC(C)=O)C(C)c3ccc(C(F)(F)F)cc3)cc2)n1. The van der Waals surface area contributed by atoms with E-state index in [9.17, 15) is 18.0 Å². The minimum Gasteiger partial charge on any atom is -0.367 e. The Morgan fingerprint density at radius 2 is 1.52 bits per heavy atom. The topological polar surface area (TPSA) is 68.5 Å². The van der Waals surface area contributed by atoms with Gasteiger partial charge in [0.15, 0.2) is 5.82 Å². The summed E-state index contributed by atoms with van der Waals surface area (Å²) in [5.74, 6) is 0.640. The molecular weight excluding hydrogens is 519 g/mol. The third-order valence-corrected chi connectivity index (χ3v) is 6.91. The Morgan fingerprint density at radius 1 is 0.925 bits per heavy atom. The van der Waals surface area contributed by atoms with Crippen LogP contribution in [0.3, 0.4) is 0 Å². The van der Waals surface area contributed by atoms with Crippen LogP contribution in [0.25, 0.3) is 11.5 Å². The van der Waals surface area contributed by atoms with Crippen molar-refractivity contribution in [3.05, 3.63) is 71.0 Å². The first kappa shape index (κ1) is 31.3. The number of alkyl halides is 3. The summed E-state index contributed by atoms with van der Waals surface area (Å²) in [5, 5.41) is 5.57. The van der Waals surface area contributed by atoms with E-state index in [2.05, 4.69) is 17.1 Å². The van der Waals surface area contributed by atoms with Crippen molar-refractivity contribution in [1.82, 2.24) is 15.2 Å². The second-order valence-corrected chi connectivity index (χ2v) is 10.2. The van der Waals surface area contributed by atoms with Gasteiger partial charge in [-0.05, 0) is 48.7 Å². The highest BCUT2D eigenvalue weighted by Crippen LogP contribution is 2.31. The van der Waals surface area contributed by atoms with Gasteiger partial charge in [0.05, 0.1) is 18.2 Å². The summed E-state index contributed by atoms with van der Waals surface area (Å²) in [6, 6.07) is 11.8. The highest BCUT2D eigenvalue weighted by Gasteiger charge is 2.30. The Balaban J connectivity index is 1.53. The van der Waals surface area contributed by atoms with E-state index in [1.165, 1.54) is 69.1 Å². The number of carbonyl (C=O) groups excluding carboxylic acids is 1. The van der Waals surface area contributed by atoms with E-state index >= 15 is 0 Å². The van der Waals surface area contributed by atoms with Crippen molar-refractivity contribution in [3.8, 4) is 11.5 Å². The quantitative estimate of drug-likeness (QED) is 0.129. The normalized spacial score (nSPS) is 12.6. The van der Waals surface area contributed by atoms with Crippen LogP contribution in [0.1, 0.15) is 107 Å². The molecule has 0 fully saturated rings. The fourth-order valence-corrected chi connectivity index (χ4v) is 4.53. The maximum Gasteiger partial charge on any atom is 0.416 e. The summed E-state index contributed by atoms with van der Waals surface area (Å²) in [6.45, 7) is 5.54. The van der Waals surface area contributed by atoms with E-state index < -0.39 is 23.8 Å². The van der Waals surface area contributed by atoms with Crippen molar-refractivity contribution in [2.75, 3.05) is 0 Å². The molecule has 0 saturated heterocycles. The van der Waals surface area contributed by atoms with Crippen molar-refractivity contribution in [3.63, 3.8) is 0 Å². The number of halogens is 3. The predicted octanol–water partition coefficient (Wildman–Crippen LogP) is 8.87. The minimum atomic E-state index is -4.41. The van der Waals surface area contributed by atoms with E-state index in [1.54, 1.807) is 6.92 Å². The van der Waals surface area contributed by atoms with Crippen LogP contribution in [0, 0.1) is 0 Å². The zero-order valence-corrected chi connectivity index (χ0v) is 23.7. The molecule has 3 rings (SSSR count). The van der Waals surface area contributed by atoms with Crippen LogP contribution in [0.5, 0.6) is 0 Å². The zero-order valence-electron chi connectivity index (χ0n) is 23.7. The van der Waals surface area contributed by atoms with Gasteiger partial charge in [-0.15, -0.1) is 5.06 Å². The lowest BCUT2D eigenvalue weighted by molar-refractivity contribution is -0.202. The first-order chi connectivity index (χ1) is 19.2. The number of carbonyl (C=O) groups is 1. The van der Waals surface area contributed by atoms with E-state index in [0.29, 0.717) is 17.3 Å². The van der Waals surface area contributed by atoms with Crippen molar-refractivity contribution >= 4 is 5.97 Å². The van der Waals surface area contributed by atoms with E-state index in [-0.39, 0.29) is 6.54 Å². The van der Waals surface area contributed by atoms with Crippen LogP contribution in [0.2, 0.25) is 0 Å². The van der Waals surface area contributed by atoms with Crippen LogP contribution in [0.15, 0.2) is 53.1 Å². The standard InChI is InChI=1S/C31H40F3N3O3/c1-4-5-6-7-8-9-10-11-12-13-29-35-30(39-36-29)27-16-14-25(15-17-27)22-37(40-24(3)38)23(2)26-18-20-28(21-19-26)31(32,33)34/h14-21,23H,4-13,22H2,1-3H3. The van der Waals surface area contributed by atoms with Crippen LogP contribution >= 0.6 is 0 Å². The maximum atomic E-state index is 12.9. The van der Waals surface area contributed by atoms with Gasteiger partial charge in [-0.25, -0.2) is 0 Å². The van der Waals surface area contributed by atoms with Gasteiger partial charge in [-0.1, -0.05) is 87.7 Å². The molecule has 0 N–H and O–H groups in total. The molecule has 9 heteroatoms. The molecule has 2 aromatic carbocycles. The second-order valence-electron chi connectivity index (χ2n) is 10.2. The molecule has 218 valence electrons. The molecule has 1 atom stereocenters. The Hall–Kier alpha value is -3.20. The largest absolute Gasteiger partial charge is 0.416 e. The van der Waals surface area contributed by atoms with Crippen molar-refractivity contribution < 1.29 is 27.3 Å². The Kier molecular flexibility index (Phi) is 12.2. The number of nitrogens with zero attached hydrogens (tertiary/aromatic N) is 3. The van der Waals surface area contributed by atoms with Crippen LogP contribution in [-0.2, 0) is 28.8 Å². The summed E-state index contributed by atoms with van der Waals surface area (Å²) in [7, 11) is 0. The molecule has 0 aliphatic rings. The van der Waals surface area contributed by atoms with E-state index in [4.69, 9.17) is 9.36 Å². The molecule has 0 radical (unpaired) electrons. The third-order valence-electron chi connectivity index (χ3n) is 6.91. The van der Waals surface area contributed by atoms with Crippen LogP contribution < -0.4 is 0 Å². The van der Waals surface area contributed by atoms with Gasteiger partial charge in [0.25, 0.3) is 5.89 Å². The molecule has 1 unspecified atom stereocenters.